The molecule has 25 heavy (non-hydrogen) atoms. The van der Waals surface area contributed by atoms with Gasteiger partial charge in [-0.25, -0.2) is 0 Å². The fourth-order valence-corrected chi connectivity index (χ4v) is 1.90. The van der Waals surface area contributed by atoms with Crippen molar-refractivity contribution < 1.29 is 19.1 Å². The van der Waals surface area contributed by atoms with Gasteiger partial charge in [0.2, 0.25) is 0 Å². The molecule has 0 saturated heterocycles. The summed E-state index contributed by atoms with van der Waals surface area (Å²) in [6.07, 6.45) is 2.57. The SMILES string of the molecule is CCC(C)NCC(C)C(=O)OCCCOC(=O)C(C)CNC(C)CC. The molecule has 0 heterocycles. The first-order valence-corrected chi connectivity index (χ1v) is 9.61. The smallest absolute Gasteiger partial charge is 0.309 e. The van der Waals surface area contributed by atoms with Crippen molar-refractivity contribution in [2.75, 3.05) is 26.3 Å². The summed E-state index contributed by atoms with van der Waals surface area (Å²) in [6.45, 7) is 13.9. The lowest BCUT2D eigenvalue weighted by atomic mass is 10.1. The van der Waals surface area contributed by atoms with E-state index >= 15 is 0 Å². The molecule has 0 rings (SSSR count). The average Bonchev–Trinajstić information content (AvgIpc) is 2.62. The first-order valence-electron chi connectivity index (χ1n) is 9.61. The van der Waals surface area contributed by atoms with Crippen LogP contribution in [0, 0.1) is 11.8 Å². The zero-order chi connectivity index (χ0) is 19.2. The largest absolute Gasteiger partial charge is 0.465 e. The Hall–Kier alpha value is -1.14. The molecule has 148 valence electrons. The van der Waals surface area contributed by atoms with Crippen LogP contribution in [0.3, 0.4) is 0 Å². The number of carbonyl (C=O) groups is 2. The molecule has 6 nitrogen and oxygen atoms in total. The fourth-order valence-electron chi connectivity index (χ4n) is 1.90. The Balaban J connectivity index is 3.76. The number of carbonyl (C=O) groups excluding carboxylic acids is 2. The van der Waals surface area contributed by atoms with Gasteiger partial charge in [-0.1, -0.05) is 27.7 Å². The molecule has 0 aromatic heterocycles. The zero-order valence-corrected chi connectivity index (χ0v) is 16.9. The second kappa shape index (κ2) is 14.1. The minimum absolute atomic E-state index is 0.178. The topological polar surface area (TPSA) is 76.7 Å². The minimum Gasteiger partial charge on any atom is -0.465 e. The highest BCUT2D eigenvalue weighted by Crippen LogP contribution is 2.02. The third-order valence-corrected chi connectivity index (χ3v) is 4.35. The van der Waals surface area contributed by atoms with Crippen molar-refractivity contribution in [3.63, 3.8) is 0 Å². The van der Waals surface area contributed by atoms with Gasteiger partial charge in [-0.15, -0.1) is 0 Å². The van der Waals surface area contributed by atoms with E-state index in [1.807, 2.05) is 13.8 Å². The highest BCUT2D eigenvalue weighted by atomic mass is 16.5. The summed E-state index contributed by atoms with van der Waals surface area (Å²) in [5, 5.41) is 6.58. The summed E-state index contributed by atoms with van der Waals surface area (Å²) >= 11 is 0. The van der Waals surface area contributed by atoms with Crippen LogP contribution in [-0.4, -0.2) is 50.3 Å². The van der Waals surface area contributed by atoms with Crippen molar-refractivity contribution in [2.45, 2.75) is 72.9 Å². The number of esters is 2. The molecule has 4 unspecified atom stereocenters. The Morgan fingerprint density at radius 2 is 1.12 bits per heavy atom. The molecule has 0 fully saturated rings. The lowest BCUT2D eigenvalue weighted by Gasteiger charge is -2.16. The van der Waals surface area contributed by atoms with E-state index in [-0.39, 0.29) is 37.0 Å². The van der Waals surface area contributed by atoms with Crippen LogP contribution in [0.25, 0.3) is 0 Å². The van der Waals surface area contributed by atoms with Gasteiger partial charge < -0.3 is 20.1 Å². The zero-order valence-electron chi connectivity index (χ0n) is 16.9. The molecule has 0 radical (unpaired) electrons. The van der Waals surface area contributed by atoms with Gasteiger partial charge in [0.25, 0.3) is 0 Å². The number of rotatable bonds is 14. The van der Waals surface area contributed by atoms with E-state index in [0.29, 0.717) is 31.6 Å². The standard InChI is InChI=1S/C19H38N2O4/c1-7-16(5)20-12-14(3)18(22)24-10-9-11-25-19(23)15(4)13-21-17(6)8-2/h14-17,20-21H,7-13H2,1-6H3. The van der Waals surface area contributed by atoms with Gasteiger partial charge >= 0.3 is 11.9 Å². The maximum atomic E-state index is 11.8. The Bertz CT molecular complexity index is 342. The van der Waals surface area contributed by atoms with E-state index in [0.717, 1.165) is 12.8 Å². The molecule has 0 aliphatic heterocycles. The van der Waals surface area contributed by atoms with Gasteiger partial charge in [0.15, 0.2) is 0 Å². The highest BCUT2D eigenvalue weighted by Gasteiger charge is 2.16. The third-order valence-electron chi connectivity index (χ3n) is 4.35. The molecule has 2 N–H and O–H groups in total. The Morgan fingerprint density at radius 3 is 1.44 bits per heavy atom. The fraction of sp³-hybridized carbons (Fsp3) is 0.895. The number of nitrogens with one attached hydrogen (secondary N) is 2. The second-order valence-corrected chi connectivity index (χ2v) is 6.93. The average molecular weight is 359 g/mol. The van der Waals surface area contributed by atoms with Crippen LogP contribution in [-0.2, 0) is 19.1 Å². The van der Waals surface area contributed by atoms with E-state index in [2.05, 4.69) is 38.3 Å². The summed E-state index contributed by atoms with van der Waals surface area (Å²) in [5.74, 6) is -0.784. The van der Waals surface area contributed by atoms with Crippen LogP contribution in [0.15, 0.2) is 0 Å². The van der Waals surface area contributed by atoms with E-state index in [1.54, 1.807) is 0 Å². The maximum absolute atomic E-state index is 11.8. The summed E-state index contributed by atoms with van der Waals surface area (Å²) < 4.78 is 10.4. The predicted molar refractivity (Wildman–Crippen MR) is 100 cm³/mol. The van der Waals surface area contributed by atoms with Crippen molar-refractivity contribution in [2.24, 2.45) is 11.8 Å². The quantitative estimate of drug-likeness (QED) is 0.367. The maximum Gasteiger partial charge on any atom is 0.309 e. The molecule has 0 aliphatic carbocycles. The van der Waals surface area contributed by atoms with Gasteiger partial charge in [-0.3, -0.25) is 9.59 Å². The Labute approximate surface area is 153 Å². The molecule has 0 spiro atoms. The summed E-state index contributed by atoms with van der Waals surface area (Å²) in [5.41, 5.74) is 0. The van der Waals surface area contributed by atoms with Gasteiger partial charge in [0.05, 0.1) is 25.0 Å². The highest BCUT2D eigenvalue weighted by molar-refractivity contribution is 5.72. The third kappa shape index (κ3) is 11.9. The van der Waals surface area contributed by atoms with Crippen LogP contribution in [0.5, 0.6) is 0 Å². The second-order valence-electron chi connectivity index (χ2n) is 6.93. The lowest BCUT2D eigenvalue weighted by Crippen LogP contribution is -2.34. The summed E-state index contributed by atoms with van der Waals surface area (Å²) in [4.78, 5) is 23.7. The number of hydrogen-bond acceptors (Lipinski definition) is 6. The molecule has 0 aliphatic rings. The lowest BCUT2D eigenvalue weighted by molar-refractivity contribution is -0.150. The van der Waals surface area contributed by atoms with E-state index in [1.165, 1.54) is 0 Å². The number of hydrogen-bond donors (Lipinski definition) is 2. The van der Waals surface area contributed by atoms with Gasteiger partial charge in [-0.2, -0.15) is 0 Å². The monoisotopic (exact) mass is 358 g/mol. The number of ether oxygens (including phenoxy) is 2. The van der Waals surface area contributed by atoms with Crippen molar-refractivity contribution >= 4 is 11.9 Å². The van der Waals surface area contributed by atoms with Crippen LogP contribution in [0.2, 0.25) is 0 Å². The molecular weight excluding hydrogens is 320 g/mol. The molecule has 4 atom stereocenters. The predicted octanol–water partition coefficient (Wildman–Crippen LogP) is 2.51. The summed E-state index contributed by atoms with van der Waals surface area (Å²) in [7, 11) is 0. The normalized spacial score (nSPS) is 15.9. The molecule has 0 saturated carbocycles. The van der Waals surface area contributed by atoms with E-state index < -0.39 is 0 Å². The molecule has 0 bridgehead atoms. The first-order chi connectivity index (χ1) is 11.8. The molecular formula is C19H38N2O4. The van der Waals surface area contributed by atoms with Crippen LogP contribution < -0.4 is 10.6 Å². The molecule has 6 heteroatoms. The van der Waals surface area contributed by atoms with Crippen molar-refractivity contribution in [3.8, 4) is 0 Å². The Kier molecular flexibility index (Phi) is 13.4. The van der Waals surface area contributed by atoms with Crippen molar-refractivity contribution in [1.82, 2.24) is 10.6 Å². The van der Waals surface area contributed by atoms with Gasteiger partial charge in [0.1, 0.15) is 0 Å². The van der Waals surface area contributed by atoms with Crippen molar-refractivity contribution in [3.05, 3.63) is 0 Å². The molecule has 0 aromatic rings. The molecule has 0 aromatic carbocycles. The summed E-state index contributed by atoms with van der Waals surface area (Å²) in [6, 6.07) is 0.790. The first kappa shape index (κ1) is 23.9. The van der Waals surface area contributed by atoms with Crippen LogP contribution in [0.4, 0.5) is 0 Å². The van der Waals surface area contributed by atoms with Crippen LogP contribution >= 0.6 is 0 Å². The Morgan fingerprint density at radius 1 is 0.760 bits per heavy atom. The van der Waals surface area contributed by atoms with Crippen molar-refractivity contribution in [1.29, 1.82) is 0 Å². The minimum atomic E-state index is -0.215. The van der Waals surface area contributed by atoms with E-state index in [4.69, 9.17) is 9.47 Å². The van der Waals surface area contributed by atoms with Gasteiger partial charge in [-0.05, 0) is 26.7 Å². The van der Waals surface area contributed by atoms with Crippen LogP contribution in [0.1, 0.15) is 60.8 Å². The van der Waals surface area contributed by atoms with Gasteiger partial charge in [0, 0.05) is 31.6 Å². The van der Waals surface area contributed by atoms with E-state index in [9.17, 15) is 9.59 Å². The molecule has 0 amide bonds.